The number of nitrogens with zero attached hydrogens (tertiary/aromatic N) is 1. The molecule has 1 aliphatic rings. The Labute approximate surface area is 89.8 Å². The van der Waals surface area contributed by atoms with E-state index < -0.39 is 11.7 Å². The fourth-order valence-electron chi connectivity index (χ4n) is 1.43. The van der Waals surface area contributed by atoms with Gasteiger partial charge < -0.3 is 15.4 Å². The molecule has 0 aliphatic carbocycles. The summed E-state index contributed by atoms with van der Waals surface area (Å²) in [6, 6.07) is 2.00. The minimum absolute atomic E-state index is 0.148. The van der Waals surface area contributed by atoms with Crippen LogP contribution in [0, 0.1) is 17.2 Å². The molecule has 5 heteroatoms. The molecular weight excluding hydrogens is 194 g/mol. The van der Waals surface area contributed by atoms with E-state index in [2.05, 4.69) is 16.7 Å². The lowest BCUT2D eigenvalue weighted by molar-refractivity contribution is 0.0502. The molecule has 1 fully saturated rings. The highest BCUT2D eigenvalue weighted by molar-refractivity contribution is 5.68. The van der Waals surface area contributed by atoms with Crippen molar-refractivity contribution < 1.29 is 9.53 Å². The Hall–Kier alpha value is -1.28. The molecule has 0 saturated carbocycles. The summed E-state index contributed by atoms with van der Waals surface area (Å²) in [4.78, 5) is 11.4. The van der Waals surface area contributed by atoms with E-state index in [1.807, 2.05) is 0 Å². The normalized spacial score (nSPS) is 25.7. The van der Waals surface area contributed by atoms with Crippen LogP contribution in [0.15, 0.2) is 0 Å². The van der Waals surface area contributed by atoms with E-state index >= 15 is 0 Å². The number of hydrogen-bond acceptors (Lipinski definition) is 4. The number of amides is 1. The Kier molecular flexibility index (Phi) is 3.53. The van der Waals surface area contributed by atoms with Crippen molar-refractivity contribution in [2.24, 2.45) is 5.92 Å². The first-order valence-corrected chi connectivity index (χ1v) is 5.02. The van der Waals surface area contributed by atoms with E-state index in [9.17, 15) is 4.79 Å². The predicted molar refractivity (Wildman–Crippen MR) is 55.1 cm³/mol. The average molecular weight is 211 g/mol. The highest BCUT2D eigenvalue weighted by Gasteiger charge is 2.29. The molecular formula is C10H17N3O2. The van der Waals surface area contributed by atoms with Gasteiger partial charge in [-0.05, 0) is 20.8 Å². The zero-order valence-electron chi connectivity index (χ0n) is 9.33. The summed E-state index contributed by atoms with van der Waals surface area (Å²) in [5.74, 6) is -0.169. The van der Waals surface area contributed by atoms with Crippen LogP contribution in [-0.4, -0.2) is 30.8 Å². The van der Waals surface area contributed by atoms with E-state index in [4.69, 9.17) is 10.00 Å². The summed E-state index contributed by atoms with van der Waals surface area (Å²) < 4.78 is 5.11. The smallest absolute Gasteiger partial charge is 0.407 e. The molecule has 1 amide bonds. The Morgan fingerprint density at radius 3 is 2.73 bits per heavy atom. The average Bonchev–Trinajstić information content (AvgIpc) is 2.48. The molecule has 1 rings (SSSR count). The summed E-state index contributed by atoms with van der Waals surface area (Å²) >= 11 is 0. The largest absolute Gasteiger partial charge is 0.444 e. The van der Waals surface area contributed by atoms with Gasteiger partial charge in [-0.1, -0.05) is 0 Å². The minimum Gasteiger partial charge on any atom is -0.444 e. The summed E-state index contributed by atoms with van der Waals surface area (Å²) in [7, 11) is 0. The number of carbonyl (C=O) groups is 1. The van der Waals surface area contributed by atoms with Crippen molar-refractivity contribution in [2.75, 3.05) is 13.1 Å². The maximum Gasteiger partial charge on any atom is 0.407 e. The van der Waals surface area contributed by atoms with Gasteiger partial charge in [-0.2, -0.15) is 5.26 Å². The molecule has 0 radical (unpaired) electrons. The van der Waals surface area contributed by atoms with Crippen molar-refractivity contribution >= 4 is 6.09 Å². The van der Waals surface area contributed by atoms with Crippen LogP contribution in [-0.2, 0) is 4.74 Å². The maximum absolute atomic E-state index is 11.4. The van der Waals surface area contributed by atoms with Gasteiger partial charge in [0.15, 0.2) is 0 Å². The molecule has 84 valence electrons. The van der Waals surface area contributed by atoms with Crippen molar-refractivity contribution in [1.29, 1.82) is 5.26 Å². The zero-order chi connectivity index (χ0) is 11.5. The molecule has 5 nitrogen and oxygen atoms in total. The number of rotatable bonds is 1. The highest BCUT2D eigenvalue weighted by atomic mass is 16.6. The van der Waals surface area contributed by atoms with Gasteiger partial charge in [0, 0.05) is 13.1 Å². The summed E-state index contributed by atoms with van der Waals surface area (Å²) in [6.45, 7) is 6.66. The van der Waals surface area contributed by atoms with E-state index in [1.54, 1.807) is 20.8 Å². The first kappa shape index (κ1) is 11.8. The third kappa shape index (κ3) is 3.76. The number of alkyl carbamates (subject to hydrolysis) is 1. The van der Waals surface area contributed by atoms with Crippen molar-refractivity contribution in [3.63, 3.8) is 0 Å². The summed E-state index contributed by atoms with van der Waals surface area (Å²) in [5.41, 5.74) is -0.502. The van der Waals surface area contributed by atoms with Gasteiger partial charge in [0.05, 0.1) is 18.0 Å². The number of ether oxygens (including phenoxy) is 1. The van der Waals surface area contributed by atoms with Crippen molar-refractivity contribution in [2.45, 2.75) is 32.4 Å². The molecule has 0 bridgehead atoms. The van der Waals surface area contributed by atoms with Crippen molar-refractivity contribution in [1.82, 2.24) is 10.6 Å². The SMILES string of the molecule is CC(C)(C)OC(=O)N[C@@H]1CNC[C@@H]1C#N. The zero-order valence-corrected chi connectivity index (χ0v) is 9.33. The van der Waals surface area contributed by atoms with Gasteiger partial charge >= 0.3 is 6.09 Å². The molecule has 0 unspecified atom stereocenters. The van der Waals surface area contributed by atoms with Crippen LogP contribution < -0.4 is 10.6 Å². The fraction of sp³-hybridized carbons (Fsp3) is 0.800. The van der Waals surface area contributed by atoms with Crippen molar-refractivity contribution in [3.05, 3.63) is 0 Å². The highest BCUT2D eigenvalue weighted by Crippen LogP contribution is 2.10. The quantitative estimate of drug-likeness (QED) is 0.667. The Morgan fingerprint density at radius 1 is 1.53 bits per heavy atom. The molecule has 0 aromatic carbocycles. The lowest BCUT2D eigenvalue weighted by Gasteiger charge is -2.22. The van der Waals surface area contributed by atoms with Gasteiger partial charge in [0.25, 0.3) is 0 Å². The predicted octanol–water partition coefficient (Wildman–Crippen LogP) is 0.623. The molecule has 0 spiro atoms. The molecule has 1 aliphatic heterocycles. The lowest BCUT2D eigenvalue weighted by Crippen LogP contribution is -2.42. The van der Waals surface area contributed by atoms with Gasteiger partial charge in [-0.25, -0.2) is 4.79 Å². The second-order valence-electron chi connectivity index (χ2n) is 4.65. The first-order valence-electron chi connectivity index (χ1n) is 5.02. The van der Waals surface area contributed by atoms with E-state index in [0.29, 0.717) is 13.1 Å². The van der Waals surface area contributed by atoms with Crippen LogP contribution in [0.25, 0.3) is 0 Å². The summed E-state index contributed by atoms with van der Waals surface area (Å²) in [5, 5.41) is 14.5. The number of carbonyl (C=O) groups excluding carboxylic acids is 1. The topological polar surface area (TPSA) is 74.2 Å². The molecule has 1 heterocycles. The number of nitrogens with one attached hydrogen (secondary N) is 2. The maximum atomic E-state index is 11.4. The van der Waals surface area contributed by atoms with E-state index in [0.717, 1.165) is 0 Å². The lowest BCUT2D eigenvalue weighted by atomic mass is 10.1. The Morgan fingerprint density at radius 2 is 2.20 bits per heavy atom. The van der Waals surface area contributed by atoms with Crippen LogP contribution in [0.2, 0.25) is 0 Å². The summed E-state index contributed by atoms with van der Waals surface area (Å²) in [6.07, 6.45) is -0.462. The molecule has 2 atom stereocenters. The van der Waals surface area contributed by atoms with Gasteiger partial charge in [0.2, 0.25) is 0 Å². The minimum atomic E-state index is -0.502. The molecule has 0 aromatic heterocycles. The number of nitriles is 1. The van der Waals surface area contributed by atoms with E-state index in [1.165, 1.54) is 0 Å². The van der Waals surface area contributed by atoms with E-state index in [-0.39, 0.29) is 12.0 Å². The molecule has 2 N–H and O–H groups in total. The van der Waals surface area contributed by atoms with Crippen molar-refractivity contribution in [3.8, 4) is 6.07 Å². The van der Waals surface area contributed by atoms with Crippen LogP contribution in [0.4, 0.5) is 4.79 Å². The molecule has 1 saturated heterocycles. The van der Waals surface area contributed by atoms with Crippen LogP contribution >= 0.6 is 0 Å². The standard InChI is InChI=1S/C10H17N3O2/c1-10(2,3)15-9(14)13-8-6-12-5-7(8)4-11/h7-8,12H,5-6H2,1-3H3,(H,13,14)/t7-,8+/m0/s1. The third-order valence-corrected chi connectivity index (χ3v) is 2.08. The third-order valence-electron chi connectivity index (χ3n) is 2.08. The van der Waals surface area contributed by atoms with Crippen LogP contribution in [0.5, 0.6) is 0 Å². The van der Waals surface area contributed by atoms with Crippen LogP contribution in [0.1, 0.15) is 20.8 Å². The molecule has 15 heavy (non-hydrogen) atoms. The second-order valence-corrected chi connectivity index (χ2v) is 4.65. The Balaban J connectivity index is 2.42. The van der Waals surface area contributed by atoms with Gasteiger partial charge in [-0.3, -0.25) is 0 Å². The van der Waals surface area contributed by atoms with Gasteiger partial charge in [0.1, 0.15) is 5.60 Å². The monoisotopic (exact) mass is 211 g/mol. The Bertz CT molecular complexity index is 277. The fourth-order valence-corrected chi connectivity index (χ4v) is 1.43. The molecule has 0 aromatic rings. The van der Waals surface area contributed by atoms with Crippen LogP contribution in [0.3, 0.4) is 0 Å². The second kappa shape index (κ2) is 4.49. The van der Waals surface area contributed by atoms with Gasteiger partial charge in [-0.15, -0.1) is 0 Å². The first-order chi connectivity index (χ1) is 6.92. The number of hydrogen-bond donors (Lipinski definition) is 2.